The lowest BCUT2D eigenvalue weighted by Crippen LogP contribution is -2.69. The number of ether oxygens (including phenoxy) is 1. The highest BCUT2D eigenvalue weighted by molar-refractivity contribution is 7.22. The SMILES string of the molecule is COC(=O)C(NC(=O)Cc1ccccc1)(Nc1nc2c(C)cccc2s1)C(F)(F)F. The zero-order valence-electron chi connectivity index (χ0n) is 16.0. The van der Waals surface area contributed by atoms with Gasteiger partial charge in [-0.3, -0.25) is 4.79 Å². The third-order valence-electron chi connectivity index (χ3n) is 4.37. The summed E-state index contributed by atoms with van der Waals surface area (Å²) < 4.78 is 47.4. The predicted molar refractivity (Wildman–Crippen MR) is 107 cm³/mol. The Bertz CT molecular complexity index is 1070. The third-order valence-corrected chi connectivity index (χ3v) is 5.30. The van der Waals surface area contributed by atoms with Crippen molar-refractivity contribution in [2.75, 3.05) is 12.4 Å². The van der Waals surface area contributed by atoms with Crippen LogP contribution in [0.15, 0.2) is 48.5 Å². The molecular formula is C20H18F3N3O3S. The number of nitrogens with zero attached hydrogens (tertiary/aromatic N) is 1. The first kappa shape index (κ1) is 21.6. The van der Waals surface area contributed by atoms with Crippen LogP contribution in [0, 0.1) is 6.92 Å². The van der Waals surface area contributed by atoms with E-state index in [2.05, 4.69) is 15.0 Å². The molecule has 1 amide bonds. The third kappa shape index (κ3) is 4.23. The number of nitrogens with one attached hydrogen (secondary N) is 2. The highest BCUT2D eigenvalue weighted by Crippen LogP contribution is 2.36. The first-order chi connectivity index (χ1) is 14.2. The van der Waals surface area contributed by atoms with Crippen molar-refractivity contribution in [3.63, 3.8) is 0 Å². The number of para-hydroxylation sites is 1. The number of thiazole rings is 1. The zero-order valence-corrected chi connectivity index (χ0v) is 16.9. The highest BCUT2D eigenvalue weighted by Gasteiger charge is 2.63. The van der Waals surface area contributed by atoms with Crippen LogP contribution in [0.25, 0.3) is 10.2 Å². The molecule has 1 aromatic heterocycles. The van der Waals surface area contributed by atoms with Gasteiger partial charge in [0, 0.05) is 0 Å². The second-order valence-electron chi connectivity index (χ2n) is 6.52. The number of halogens is 3. The summed E-state index contributed by atoms with van der Waals surface area (Å²) in [6.45, 7) is 1.77. The monoisotopic (exact) mass is 437 g/mol. The van der Waals surface area contributed by atoms with Gasteiger partial charge in [0.1, 0.15) is 0 Å². The smallest absolute Gasteiger partial charge is 0.442 e. The number of benzene rings is 2. The summed E-state index contributed by atoms with van der Waals surface area (Å²) in [5.41, 5.74) is -1.73. The highest BCUT2D eigenvalue weighted by atomic mass is 32.1. The second-order valence-corrected chi connectivity index (χ2v) is 7.55. The molecule has 0 aliphatic rings. The molecule has 1 heterocycles. The molecule has 0 saturated carbocycles. The Morgan fingerprint density at radius 2 is 1.80 bits per heavy atom. The topological polar surface area (TPSA) is 80.3 Å². The summed E-state index contributed by atoms with van der Waals surface area (Å²) in [5, 5.41) is 3.71. The molecule has 3 rings (SSSR count). The Kier molecular flexibility index (Phi) is 5.97. The van der Waals surface area contributed by atoms with E-state index in [4.69, 9.17) is 0 Å². The minimum Gasteiger partial charge on any atom is -0.466 e. The van der Waals surface area contributed by atoms with Crippen LogP contribution in [0.5, 0.6) is 0 Å². The maximum Gasteiger partial charge on any atom is 0.442 e. The van der Waals surface area contributed by atoms with Gasteiger partial charge in [-0.05, 0) is 24.1 Å². The maximum atomic E-state index is 14.1. The molecule has 0 radical (unpaired) electrons. The molecule has 158 valence electrons. The van der Waals surface area contributed by atoms with Crippen LogP contribution < -0.4 is 10.6 Å². The summed E-state index contributed by atoms with van der Waals surface area (Å²) in [6.07, 6.45) is -5.56. The minimum absolute atomic E-state index is 0.179. The lowest BCUT2D eigenvalue weighted by molar-refractivity contribution is -0.206. The molecule has 0 bridgehead atoms. The van der Waals surface area contributed by atoms with Crippen molar-refractivity contribution in [2.24, 2.45) is 0 Å². The summed E-state index contributed by atoms with van der Waals surface area (Å²) in [6, 6.07) is 13.4. The van der Waals surface area contributed by atoms with E-state index in [-0.39, 0.29) is 11.6 Å². The molecule has 2 aromatic carbocycles. The van der Waals surface area contributed by atoms with Crippen molar-refractivity contribution in [3.05, 3.63) is 59.7 Å². The molecule has 0 fully saturated rings. The van der Waals surface area contributed by atoms with Crippen molar-refractivity contribution in [3.8, 4) is 0 Å². The predicted octanol–water partition coefficient (Wildman–Crippen LogP) is 3.81. The van der Waals surface area contributed by atoms with E-state index >= 15 is 0 Å². The Morgan fingerprint density at radius 3 is 2.40 bits per heavy atom. The molecular weight excluding hydrogens is 419 g/mol. The number of carbonyl (C=O) groups is 2. The van der Waals surface area contributed by atoms with Gasteiger partial charge in [-0.1, -0.05) is 53.8 Å². The molecule has 3 aromatic rings. The van der Waals surface area contributed by atoms with Gasteiger partial charge in [0.05, 0.1) is 23.7 Å². The number of aromatic nitrogens is 1. The molecule has 30 heavy (non-hydrogen) atoms. The Morgan fingerprint density at radius 1 is 1.10 bits per heavy atom. The van der Waals surface area contributed by atoms with Crippen LogP contribution in [0.1, 0.15) is 11.1 Å². The van der Waals surface area contributed by atoms with E-state index < -0.39 is 23.7 Å². The fourth-order valence-corrected chi connectivity index (χ4v) is 3.88. The molecule has 0 aliphatic carbocycles. The van der Waals surface area contributed by atoms with Crippen molar-refractivity contribution >= 4 is 38.6 Å². The average Bonchev–Trinajstić information content (AvgIpc) is 3.10. The van der Waals surface area contributed by atoms with Gasteiger partial charge in [0.15, 0.2) is 5.13 Å². The number of alkyl halides is 3. The first-order valence-electron chi connectivity index (χ1n) is 8.80. The van der Waals surface area contributed by atoms with E-state index in [9.17, 15) is 22.8 Å². The van der Waals surface area contributed by atoms with Crippen LogP contribution in [0.4, 0.5) is 18.3 Å². The molecule has 1 atom stereocenters. The Hall–Kier alpha value is -3.14. The van der Waals surface area contributed by atoms with Gasteiger partial charge in [0.2, 0.25) is 5.91 Å². The van der Waals surface area contributed by atoms with Crippen LogP contribution in [-0.4, -0.2) is 35.8 Å². The summed E-state index contributed by atoms with van der Waals surface area (Å²) in [4.78, 5) is 28.9. The van der Waals surface area contributed by atoms with E-state index in [1.165, 1.54) is 0 Å². The normalized spacial score (nSPS) is 13.5. The molecule has 10 heteroatoms. The summed E-state index contributed by atoms with van der Waals surface area (Å²) in [5.74, 6) is -2.71. The number of aryl methyl sites for hydroxylation is 1. The zero-order chi connectivity index (χ0) is 21.9. The largest absolute Gasteiger partial charge is 0.466 e. The van der Waals surface area contributed by atoms with Gasteiger partial charge in [0.25, 0.3) is 0 Å². The van der Waals surface area contributed by atoms with Gasteiger partial charge in [-0.2, -0.15) is 13.2 Å². The van der Waals surface area contributed by atoms with Crippen LogP contribution in [0.2, 0.25) is 0 Å². The molecule has 6 nitrogen and oxygen atoms in total. The lowest BCUT2D eigenvalue weighted by Gasteiger charge is -2.34. The van der Waals surface area contributed by atoms with E-state index in [1.807, 2.05) is 0 Å². The number of methoxy groups -OCH3 is 1. The number of fused-ring (bicyclic) bond motifs is 1. The minimum atomic E-state index is -5.21. The van der Waals surface area contributed by atoms with Gasteiger partial charge >= 0.3 is 17.8 Å². The summed E-state index contributed by atoms with van der Waals surface area (Å²) >= 11 is 0.932. The molecule has 0 spiro atoms. The fourth-order valence-electron chi connectivity index (χ4n) is 2.88. The van der Waals surface area contributed by atoms with Crippen molar-refractivity contribution < 1.29 is 27.5 Å². The Balaban J connectivity index is 1.98. The first-order valence-corrected chi connectivity index (χ1v) is 9.62. The number of amides is 1. The Labute approximate surface area is 174 Å². The van der Waals surface area contributed by atoms with Gasteiger partial charge < -0.3 is 15.4 Å². The van der Waals surface area contributed by atoms with Gasteiger partial charge in [-0.25, -0.2) is 9.78 Å². The van der Waals surface area contributed by atoms with Crippen LogP contribution >= 0.6 is 11.3 Å². The quantitative estimate of drug-likeness (QED) is 0.453. The number of anilines is 1. The number of esters is 1. The lowest BCUT2D eigenvalue weighted by atomic mass is 10.1. The number of hydrogen-bond acceptors (Lipinski definition) is 6. The second kappa shape index (κ2) is 8.31. The summed E-state index contributed by atoms with van der Waals surface area (Å²) in [7, 11) is 0.816. The van der Waals surface area contributed by atoms with E-state index in [0.717, 1.165) is 24.0 Å². The maximum absolute atomic E-state index is 14.1. The molecule has 2 N–H and O–H groups in total. The average molecular weight is 437 g/mol. The number of carbonyl (C=O) groups excluding carboxylic acids is 2. The fraction of sp³-hybridized carbons (Fsp3) is 0.250. The van der Waals surface area contributed by atoms with Crippen molar-refractivity contribution in [1.29, 1.82) is 0 Å². The molecule has 0 aliphatic heterocycles. The van der Waals surface area contributed by atoms with E-state index in [0.29, 0.717) is 15.8 Å². The molecule has 1 unspecified atom stereocenters. The standard InChI is InChI=1S/C20H18F3N3O3S/c1-12-7-6-10-14-16(12)24-18(30-14)26-19(17(28)29-2,20(21,22)23)25-15(27)11-13-8-4-3-5-9-13/h3-10H,11H2,1-2H3,(H,24,26)(H,25,27). The number of hydrogen-bond donors (Lipinski definition) is 2. The van der Waals surface area contributed by atoms with Crippen molar-refractivity contribution in [1.82, 2.24) is 10.3 Å². The van der Waals surface area contributed by atoms with Crippen molar-refractivity contribution in [2.45, 2.75) is 25.2 Å². The van der Waals surface area contributed by atoms with E-state index in [1.54, 1.807) is 60.8 Å². The van der Waals surface area contributed by atoms with Gasteiger partial charge in [-0.15, -0.1) is 0 Å². The van der Waals surface area contributed by atoms with Crippen LogP contribution in [0.3, 0.4) is 0 Å². The molecule has 0 saturated heterocycles. The van der Waals surface area contributed by atoms with Crippen LogP contribution in [-0.2, 0) is 20.7 Å². The number of rotatable bonds is 6.